The van der Waals surface area contributed by atoms with E-state index in [0.29, 0.717) is 11.1 Å². The highest BCUT2D eigenvalue weighted by Gasteiger charge is 2.63. The zero-order chi connectivity index (χ0) is 17.7. The van der Waals surface area contributed by atoms with Gasteiger partial charge in [-0.3, -0.25) is 9.69 Å². The first kappa shape index (κ1) is 14.9. The van der Waals surface area contributed by atoms with Crippen molar-refractivity contribution in [1.82, 2.24) is 4.90 Å². The van der Waals surface area contributed by atoms with Crippen molar-refractivity contribution in [2.75, 3.05) is 0 Å². The van der Waals surface area contributed by atoms with E-state index < -0.39 is 17.7 Å². The molecule has 0 N–H and O–H groups in total. The van der Waals surface area contributed by atoms with Gasteiger partial charge in [-0.05, 0) is 11.6 Å². The molecule has 2 aliphatic rings. The minimum absolute atomic E-state index is 0.191. The maximum absolute atomic E-state index is 13.3. The zero-order valence-corrected chi connectivity index (χ0v) is 13.8. The lowest BCUT2D eigenvalue weighted by atomic mass is 9.93. The number of benzene rings is 3. The van der Waals surface area contributed by atoms with Crippen LogP contribution >= 0.6 is 0 Å². The normalized spacial score (nSPS) is 23.5. The third-order valence-corrected chi connectivity index (χ3v) is 5.09. The second-order valence-electron chi connectivity index (χ2n) is 6.47. The van der Waals surface area contributed by atoms with Crippen LogP contribution in [0.2, 0.25) is 0 Å². The van der Waals surface area contributed by atoms with Crippen LogP contribution in [0.15, 0.2) is 84.9 Å². The van der Waals surface area contributed by atoms with Gasteiger partial charge in [0.25, 0.3) is 5.91 Å². The highest BCUT2D eigenvalue weighted by molar-refractivity contribution is 6.04. The molecule has 2 atom stereocenters. The summed E-state index contributed by atoms with van der Waals surface area (Å²) in [5, 5.41) is 0. The fourth-order valence-electron chi connectivity index (χ4n) is 4.02. The van der Waals surface area contributed by atoms with Gasteiger partial charge in [0.05, 0.1) is 0 Å². The largest absolute Gasteiger partial charge is 0.428 e. The Morgan fingerprint density at radius 2 is 1.38 bits per heavy atom. The Hall–Kier alpha value is -3.40. The van der Waals surface area contributed by atoms with Gasteiger partial charge in [0.2, 0.25) is 5.72 Å². The van der Waals surface area contributed by atoms with E-state index in [1.54, 1.807) is 11.0 Å². The van der Waals surface area contributed by atoms with Crippen LogP contribution in [-0.4, -0.2) is 16.8 Å². The van der Waals surface area contributed by atoms with Gasteiger partial charge in [-0.1, -0.05) is 78.9 Å². The molecule has 0 radical (unpaired) electrons. The Balaban J connectivity index is 1.79. The van der Waals surface area contributed by atoms with Gasteiger partial charge in [-0.2, -0.15) is 0 Å². The summed E-state index contributed by atoms with van der Waals surface area (Å²) in [6.07, 6.45) is 0. The van der Waals surface area contributed by atoms with E-state index in [2.05, 4.69) is 0 Å². The van der Waals surface area contributed by atoms with E-state index in [9.17, 15) is 9.59 Å². The van der Waals surface area contributed by atoms with Crippen LogP contribution in [0.4, 0.5) is 0 Å². The van der Waals surface area contributed by atoms with Crippen molar-refractivity contribution < 1.29 is 14.3 Å². The molecule has 3 aromatic rings. The molecule has 2 heterocycles. The van der Waals surface area contributed by atoms with Crippen molar-refractivity contribution in [3.63, 3.8) is 0 Å². The molecule has 0 aliphatic carbocycles. The quantitative estimate of drug-likeness (QED) is 0.669. The molecule has 0 unspecified atom stereocenters. The van der Waals surface area contributed by atoms with E-state index in [0.717, 1.165) is 11.1 Å². The first-order valence-electron chi connectivity index (χ1n) is 8.50. The summed E-state index contributed by atoms with van der Waals surface area (Å²) in [4.78, 5) is 27.8. The lowest BCUT2D eigenvalue weighted by Crippen LogP contribution is -2.41. The average Bonchev–Trinajstić information content (AvgIpc) is 3.14. The highest BCUT2D eigenvalue weighted by atomic mass is 16.6. The van der Waals surface area contributed by atoms with Crippen LogP contribution in [0.3, 0.4) is 0 Å². The fraction of sp³-hybridized carbons (Fsp3) is 0.0909. The molecule has 0 spiro atoms. The first-order chi connectivity index (χ1) is 12.7. The lowest BCUT2D eigenvalue weighted by molar-refractivity contribution is -0.148. The van der Waals surface area contributed by atoms with Gasteiger partial charge in [-0.15, -0.1) is 0 Å². The molecule has 0 saturated carbocycles. The summed E-state index contributed by atoms with van der Waals surface area (Å²) in [7, 11) is 0. The topological polar surface area (TPSA) is 46.6 Å². The average molecular weight is 341 g/mol. The number of ether oxygens (including phenoxy) is 1. The van der Waals surface area contributed by atoms with E-state index in [1.807, 2.05) is 78.9 Å². The van der Waals surface area contributed by atoms with Gasteiger partial charge >= 0.3 is 5.97 Å². The molecule has 5 rings (SSSR count). The summed E-state index contributed by atoms with van der Waals surface area (Å²) in [6.45, 7) is 0. The minimum atomic E-state index is -1.22. The Labute approximate surface area is 150 Å². The molecule has 4 heteroatoms. The fourth-order valence-corrected chi connectivity index (χ4v) is 4.02. The van der Waals surface area contributed by atoms with E-state index in [-0.39, 0.29) is 5.91 Å². The zero-order valence-electron chi connectivity index (χ0n) is 13.8. The number of hydrogen-bond donors (Lipinski definition) is 0. The van der Waals surface area contributed by atoms with Crippen LogP contribution in [0.25, 0.3) is 0 Å². The number of hydrogen-bond acceptors (Lipinski definition) is 3. The lowest BCUT2D eigenvalue weighted by Gasteiger charge is -2.32. The Morgan fingerprint density at radius 1 is 0.769 bits per heavy atom. The predicted octanol–water partition coefficient (Wildman–Crippen LogP) is 3.64. The number of fused-ring (bicyclic) bond motifs is 3. The molecule has 2 aliphatic heterocycles. The number of nitrogens with zero attached hydrogens (tertiary/aromatic N) is 1. The number of carbonyl (C=O) groups excluding carboxylic acids is 2. The minimum Gasteiger partial charge on any atom is -0.428 e. The molecule has 4 nitrogen and oxygen atoms in total. The standard InChI is InChI=1S/C22H15NO3/c24-20-17-13-7-8-14-18(17)22(16-11-5-2-6-12-16)23(20)19(21(25)26-22)15-9-3-1-4-10-15/h1-14,19H/t19-,22+/m0/s1. The Bertz CT molecular complexity index is 1020. The van der Waals surface area contributed by atoms with Crippen LogP contribution in [0.1, 0.15) is 33.1 Å². The molecule has 126 valence electrons. The van der Waals surface area contributed by atoms with Gasteiger partial charge in [-0.25, -0.2) is 4.79 Å². The summed E-state index contributed by atoms with van der Waals surface area (Å²) in [6, 6.07) is 25.3. The second kappa shape index (κ2) is 5.30. The van der Waals surface area contributed by atoms with Crippen molar-refractivity contribution >= 4 is 11.9 Å². The Morgan fingerprint density at radius 3 is 2.12 bits per heavy atom. The number of rotatable bonds is 2. The summed E-state index contributed by atoms with van der Waals surface area (Å²) >= 11 is 0. The number of esters is 1. The van der Waals surface area contributed by atoms with Crippen molar-refractivity contribution in [3.05, 3.63) is 107 Å². The van der Waals surface area contributed by atoms with Crippen LogP contribution < -0.4 is 0 Å². The second-order valence-corrected chi connectivity index (χ2v) is 6.47. The van der Waals surface area contributed by atoms with Gasteiger partial charge in [0.1, 0.15) is 0 Å². The van der Waals surface area contributed by atoms with Crippen LogP contribution in [0, 0.1) is 0 Å². The van der Waals surface area contributed by atoms with Crippen molar-refractivity contribution in [1.29, 1.82) is 0 Å². The summed E-state index contributed by atoms with van der Waals surface area (Å²) in [5.74, 6) is -0.605. The molecular weight excluding hydrogens is 326 g/mol. The molecule has 26 heavy (non-hydrogen) atoms. The van der Waals surface area contributed by atoms with Gasteiger partial charge in [0, 0.05) is 16.7 Å². The predicted molar refractivity (Wildman–Crippen MR) is 95.1 cm³/mol. The van der Waals surface area contributed by atoms with Gasteiger partial charge in [0.15, 0.2) is 6.04 Å². The molecule has 3 aromatic carbocycles. The third kappa shape index (κ3) is 1.78. The number of amides is 1. The summed E-state index contributed by atoms with van der Waals surface area (Å²) in [5.41, 5.74) is 1.58. The molecule has 1 saturated heterocycles. The van der Waals surface area contributed by atoms with E-state index in [1.165, 1.54) is 0 Å². The van der Waals surface area contributed by atoms with Crippen LogP contribution in [0.5, 0.6) is 0 Å². The van der Waals surface area contributed by atoms with E-state index >= 15 is 0 Å². The molecule has 1 fully saturated rings. The van der Waals surface area contributed by atoms with Crippen molar-refractivity contribution in [2.45, 2.75) is 11.8 Å². The molecular formula is C22H15NO3. The maximum Gasteiger partial charge on any atom is 0.336 e. The number of carbonyl (C=O) groups is 2. The third-order valence-electron chi connectivity index (χ3n) is 5.09. The summed E-state index contributed by atoms with van der Waals surface area (Å²) < 4.78 is 5.99. The SMILES string of the molecule is O=C1O[C@]2(c3ccccc3)c3ccccc3C(=O)N2[C@H]1c1ccccc1. The van der Waals surface area contributed by atoms with Gasteiger partial charge < -0.3 is 4.74 Å². The molecule has 0 aromatic heterocycles. The highest BCUT2D eigenvalue weighted by Crippen LogP contribution is 2.54. The first-order valence-corrected chi connectivity index (χ1v) is 8.50. The molecule has 1 amide bonds. The van der Waals surface area contributed by atoms with Crippen molar-refractivity contribution in [2.24, 2.45) is 0 Å². The Kier molecular flexibility index (Phi) is 3.04. The maximum atomic E-state index is 13.3. The van der Waals surface area contributed by atoms with Crippen molar-refractivity contribution in [3.8, 4) is 0 Å². The monoisotopic (exact) mass is 341 g/mol. The smallest absolute Gasteiger partial charge is 0.336 e. The van der Waals surface area contributed by atoms with Crippen LogP contribution in [-0.2, 0) is 15.3 Å². The van der Waals surface area contributed by atoms with E-state index in [4.69, 9.17) is 4.74 Å². The molecule has 0 bridgehead atoms.